The van der Waals surface area contributed by atoms with Crippen LogP contribution in [0.3, 0.4) is 0 Å². The highest BCUT2D eigenvalue weighted by molar-refractivity contribution is 7.25. The smallest absolute Gasteiger partial charge is 0.128 e. The van der Waals surface area contributed by atoms with Crippen molar-refractivity contribution in [1.29, 1.82) is 0 Å². The van der Waals surface area contributed by atoms with Gasteiger partial charge in [0.2, 0.25) is 0 Å². The van der Waals surface area contributed by atoms with Gasteiger partial charge in [-0.25, -0.2) is 9.97 Å². The van der Waals surface area contributed by atoms with Crippen molar-refractivity contribution in [2.24, 2.45) is 0 Å². The van der Waals surface area contributed by atoms with Crippen molar-refractivity contribution in [3.05, 3.63) is 67.2 Å². The largest absolute Gasteiger partial charge is 0.236 e. The molecular formula is C19H14N2S. The zero-order valence-electron chi connectivity index (χ0n) is 12.3. The van der Waals surface area contributed by atoms with E-state index in [-0.39, 0.29) is 0 Å². The van der Waals surface area contributed by atoms with Gasteiger partial charge in [-0.15, -0.1) is 11.3 Å². The van der Waals surface area contributed by atoms with Gasteiger partial charge >= 0.3 is 0 Å². The predicted molar refractivity (Wildman–Crippen MR) is 96.4 cm³/mol. The maximum absolute atomic E-state index is 4.44. The third-order valence-electron chi connectivity index (χ3n) is 3.93. The van der Waals surface area contributed by atoms with Crippen molar-refractivity contribution in [3.8, 4) is 0 Å². The summed E-state index contributed by atoms with van der Waals surface area (Å²) in [7, 11) is 0. The number of aryl methyl sites for hydroxylation is 1. The molecule has 0 saturated heterocycles. The normalized spacial score (nSPS) is 11.3. The summed E-state index contributed by atoms with van der Waals surface area (Å²) in [6, 6.07) is 11.0. The van der Waals surface area contributed by atoms with Crippen molar-refractivity contribution in [1.82, 2.24) is 9.97 Å². The first-order valence-electron chi connectivity index (χ1n) is 7.07. The standard InChI is InChI=1S/C19H14N2S/c1-4-12(3)18-17-15-8-13-6-5-11(2)7-14(13)9-16(15)22-19(17)21-10-20-18/h4-10H,1,3H2,2H3. The second kappa shape index (κ2) is 4.75. The van der Waals surface area contributed by atoms with Gasteiger partial charge in [-0.05, 0) is 35.4 Å². The van der Waals surface area contributed by atoms with Crippen LogP contribution in [0.1, 0.15) is 11.3 Å². The number of rotatable bonds is 2. The molecule has 0 radical (unpaired) electrons. The van der Waals surface area contributed by atoms with E-state index in [1.54, 1.807) is 23.7 Å². The SMILES string of the molecule is C=CC(=C)c1ncnc2sc3cc4cc(C)ccc4cc3c12. The molecule has 0 aliphatic heterocycles. The Kier molecular flexibility index (Phi) is 2.84. The number of nitrogens with zero attached hydrogens (tertiary/aromatic N) is 2. The van der Waals surface area contributed by atoms with Crippen LogP contribution in [-0.4, -0.2) is 9.97 Å². The minimum absolute atomic E-state index is 0.830. The Morgan fingerprint density at radius 2 is 2.00 bits per heavy atom. The molecule has 0 aliphatic carbocycles. The molecule has 4 rings (SSSR count). The zero-order chi connectivity index (χ0) is 15.3. The number of allylic oxidation sites excluding steroid dienone is 2. The molecule has 0 fully saturated rings. The lowest BCUT2D eigenvalue weighted by Crippen LogP contribution is -1.88. The Morgan fingerprint density at radius 1 is 1.14 bits per heavy atom. The fourth-order valence-corrected chi connectivity index (χ4v) is 3.88. The molecule has 2 aromatic carbocycles. The van der Waals surface area contributed by atoms with Crippen LogP contribution in [-0.2, 0) is 0 Å². The van der Waals surface area contributed by atoms with Crippen LogP contribution in [0, 0.1) is 6.92 Å². The quantitative estimate of drug-likeness (QED) is 0.457. The van der Waals surface area contributed by atoms with E-state index < -0.39 is 0 Å². The summed E-state index contributed by atoms with van der Waals surface area (Å²) >= 11 is 1.70. The van der Waals surface area contributed by atoms with Crippen molar-refractivity contribution in [2.45, 2.75) is 6.92 Å². The van der Waals surface area contributed by atoms with Crippen LogP contribution in [0.4, 0.5) is 0 Å². The van der Waals surface area contributed by atoms with Gasteiger partial charge in [0.25, 0.3) is 0 Å². The Bertz CT molecular complexity index is 1070. The molecule has 0 aliphatic rings. The Morgan fingerprint density at radius 3 is 2.82 bits per heavy atom. The molecule has 0 saturated carbocycles. The highest BCUT2D eigenvalue weighted by Gasteiger charge is 2.13. The lowest BCUT2D eigenvalue weighted by Gasteiger charge is -2.03. The second-order valence-corrected chi connectivity index (χ2v) is 6.46. The van der Waals surface area contributed by atoms with Crippen LogP contribution < -0.4 is 0 Å². The summed E-state index contributed by atoms with van der Waals surface area (Å²) in [6.07, 6.45) is 3.35. The molecule has 4 aromatic rings. The van der Waals surface area contributed by atoms with Crippen LogP contribution in [0.25, 0.3) is 36.6 Å². The predicted octanol–water partition coefficient (Wildman–Crippen LogP) is 5.51. The van der Waals surface area contributed by atoms with E-state index in [1.165, 1.54) is 26.4 Å². The van der Waals surface area contributed by atoms with E-state index in [4.69, 9.17) is 0 Å². The zero-order valence-corrected chi connectivity index (χ0v) is 13.1. The van der Waals surface area contributed by atoms with Crippen molar-refractivity contribution >= 4 is 48.0 Å². The molecule has 0 atom stereocenters. The van der Waals surface area contributed by atoms with E-state index in [0.29, 0.717) is 0 Å². The number of fused-ring (bicyclic) bond motifs is 4. The molecule has 0 amide bonds. The molecule has 0 bridgehead atoms. The average molecular weight is 302 g/mol. The number of aromatic nitrogens is 2. The first-order valence-corrected chi connectivity index (χ1v) is 7.88. The minimum atomic E-state index is 0.830. The topological polar surface area (TPSA) is 25.8 Å². The number of thiophene rings is 1. The van der Waals surface area contributed by atoms with E-state index in [2.05, 4.69) is 60.4 Å². The summed E-state index contributed by atoms with van der Waals surface area (Å²) in [5, 5.41) is 4.76. The highest BCUT2D eigenvalue weighted by atomic mass is 32.1. The third-order valence-corrected chi connectivity index (χ3v) is 4.99. The molecule has 2 aromatic heterocycles. The minimum Gasteiger partial charge on any atom is -0.236 e. The first-order chi connectivity index (χ1) is 10.7. The number of benzene rings is 2. The van der Waals surface area contributed by atoms with Crippen molar-refractivity contribution in [2.75, 3.05) is 0 Å². The lowest BCUT2D eigenvalue weighted by molar-refractivity contribution is 1.21. The van der Waals surface area contributed by atoms with Gasteiger partial charge in [-0.2, -0.15) is 0 Å². The third kappa shape index (κ3) is 1.86. The Balaban J connectivity index is 2.18. The molecule has 2 heterocycles. The van der Waals surface area contributed by atoms with Gasteiger partial charge in [0.15, 0.2) is 0 Å². The molecular weight excluding hydrogens is 288 g/mol. The Labute approximate surface area is 132 Å². The van der Waals surface area contributed by atoms with E-state index >= 15 is 0 Å². The van der Waals surface area contributed by atoms with Gasteiger partial charge in [0, 0.05) is 15.5 Å². The second-order valence-electron chi connectivity index (χ2n) is 5.43. The summed E-state index contributed by atoms with van der Waals surface area (Å²) in [5.41, 5.74) is 2.97. The lowest BCUT2D eigenvalue weighted by atomic mass is 10.0. The molecule has 3 heteroatoms. The van der Waals surface area contributed by atoms with Crippen molar-refractivity contribution in [3.63, 3.8) is 0 Å². The van der Waals surface area contributed by atoms with Crippen LogP contribution in [0.15, 0.2) is 55.9 Å². The number of hydrogen-bond acceptors (Lipinski definition) is 3. The molecule has 2 nitrogen and oxygen atoms in total. The summed E-state index contributed by atoms with van der Waals surface area (Å²) < 4.78 is 1.23. The summed E-state index contributed by atoms with van der Waals surface area (Å²) in [4.78, 5) is 9.85. The maximum atomic E-state index is 4.44. The summed E-state index contributed by atoms with van der Waals surface area (Å²) in [6.45, 7) is 9.98. The fourth-order valence-electron chi connectivity index (χ4n) is 2.81. The maximum Gasteiger partial charge on any atom is 0.128 e. The average Bonchev–Trinajstić information content (AvgIpc) is 2.89. The van der Waals surface area contributed by atoms with E-state index in [9.17, 15) is 0 Å². The number of hydrogen-bond donors (Lipinski definition) is 0. The monoisotopic (exact) mass is 302 g/mol. The first kappa shape index (κ1) is 13.2. The van der Waals surface area contributed by atoms with Crippen LogP contribution in [0.5, 0.6) is 0 Å². The molecule has 0 unspecified atom stereocenters. The highest BCUT2D eigenvalue weighted by Crippen LogP contribution is 2.38. The van der Waals surface area contributed by atoms with Gasteiger partial charge in [-0.1, -0.05) is 43.0 Å². The van der Waals surface area contributed by atoms with E-state index in [1.807, 2.05) is 0 Å². The molecule has 0 spiro atoms. The van der Waals surface area contributed by atoms with Gasteiger partial charge in [0.1, 0.15) is 11.2 Å². The van der Waals surface area contributed by atoms with Gasteiger partial charge in [0.05, 0.1) is 5.69 Å². The van der Waals surface area contributed by atoms with E-state index in [0.717, 1.165) is 21.5 Å². The fraction of sp³-hybridized carbons (Fsp3) is 0.0526. The molecule has 0 N–H and O–H groups in total. The van der Waals surface area contributed by atoms with Gasteiger partial charge < -0.3 is 0 Å². The Hall–Kier alpha value is -2.52. The van der Waals surface area contributed by atoms with Crippen molar-refractivity contribution < 1.29 is 0 Å². The van der Waals surface area contributed by atoms with Crippen LogP contribution >= 0.6 is 11.3 Å². The van der Waals surface area contributed by atoms with Gasteiger partial charge in [-0.3, -0.25) is 0 Å². The molecule has 106 valence electrons. The summed E-state index contributed by atoms with van der Waals surface area (Å²) in [5.74, 6) is 0. The molecule has 22 heavy (non-hydrogen) atoms. The van der Waals surface area contributed by atoms with Crippen LogP contribution in [0.2, 0.25) is 0 Å².